The summed E-state index contributed by atoms with van der Waals surface area (Å²) in [7, 11) is 1.50. The highest BCUT2D eigenvalue weighted by Crippen LogP contribution is 2.47. The number of aromatic hydroxyl groups is 1. The molecule has 0 aliphatic carbocycles. The number of carbonyl (C=O) groups excluding carboxylic acids is 1. The van der Waals surface area contributed by atoms with E-state index >= 15 is 4.39 Å². The second-order valence-corrected chi connectivity index (χ2v) is 10.1. The van der Waals surface area contributed by atoms with Crippen molar-refractivity contribution in [2.45, 2.75) is 22.7 Å². The minimum Gasteiger partial charge on any atom is -0.502 e. The first-order valence-electron chi connectivity index (χ1n) is 11.9. The van der Waals surface area contributed by atoms with Crippen molar-refractivity contribution in [1.82, 2.24) is 9.58 Å². The van der Waals surface area contributed by atoms with Gasteiger partial charge < -0.3 is 19.5 Å². The first kappa shape index (κ1) is 24.5. The van der Waals surface area contributed by atoms with Crippen molar-refractivity contribution in [3.63, 3.8) is 0 Å². The summed E-state index contributed by atoms with van der Waals surface area (Å²) in [5.74, 6) is -2.91. The molecule has 3 aliphatic heterocycles. The maximum Gasteiger partial charge on any atom is 0.278 e. The number of ether oxygens (including phenoxy) is 2. The number of hydrogen-bond donors (Lipinski definition) is 1. The van der Waals surface area contributed by atoms with E-state index in [0.717, 1.165) is 16.5 Å². The van der Waals surface area contributed by atoms with E-state index in [-0.39, 0.29) is 42.6 Å². The topological polar surface area (TPSA) is 84.2 Å². The second-order valence-electron chi connectivity index (χ2n) is 9.13. The first-order valence-corrected chi connectivity index (χ1v) is 12.9. The van der Waals surface area contributed by atoms with E-state index in [1.54, 1.807) is 17.2 Å². The molecule has 0 unspecified atom stereocenters. The van der Waals surface area contributed by atoms with Gasteiger partial charge in [0.15, 0.2) is 23.1 Å². The third-order valence-corrected chi connectivity index (χ3v) is 8.12. The molecule has 1 amide bonds. The van der Waals surface area contributed by atoms with Crippen LogP contribution in [-0.4, -0.2) is 53.6 Å². The summed E-state index contributed by atoms with van der Waals surface area (Å²) in [5.41, 5.74) is 0.417. The minimum absolute atomic E-state index is 0.00590. The standard InChI is InChI=1S/C27H23F2N3O5S/c1-36-12-15-5-4-10-37-20-11-18(28)23(29)17-13-38-21-7-3-2-6-16(21)24(22(17)20)32-14-30(15)27(35)25-26(34)19(33)8-9-31(25)32/h2-9,11,15,24,34H,10,12-14H2,1H3/b5-4-/t15-,24+/m1/s1. The third-order valence-electron chi connectivity index (χ3n) is 7.00. The molecule has 0 saturated carbocycles. The van der Waals surface area contributed by atoms with Crippen LogP contribution in [0.4, 0.5) is 8.78 Å². The Morgan fingerprint density at radius 3 is 2.84 bits per heavy atom. The summed E-state index contributed by atoms with van der Waals surface area (Å²) in [6, 6.07) is 8.38. The van der Waals surface area contributed by atoms with Gasteiger partial charge in [0, 0.05) is 47.2 Å². The maximum absolute atomic E-state index is 15.4. The van der Waals surface area contributed by atoms with Crippen LogP contribution in [0.5, 0.6) is 11.5 Å². The molecule has 1 N–H and O–H groups in total. The Hall–Kier alpha value is -3.83. The Morgan fingerprint density at radius 1 is 1.21 bits per heavy atom. The largest absolute Gasteiger partial charge is 0.502 e. The Kier molecular flexibility index (Phi) is 6.11. The highest BCUT2D eigenvalue weighted by molar-refractivity contribution is 7.98. The highest BCUT2D eigenvalue weighted by atomic mass is 32.2. The number of hydrogen-bond acceptors (Lipinski definition) is 7. The van der Waals surface area contributed by atoms with Gasteiger partial charge in [0.1, 0.15) is 25.1 Å². The number of benzene rings is 2. The Balaban J connectivity index is 1.70. The van der Waals surface area contributed by atoms with E-state index in [1.807, 2.05) is 24.3 Å². The van der Waals surface area contributed by atoms with Crippen LogP contribution >= 0.6 is 11.8 Å². The monoisotopic (exact) mass is 539 g/mol. The average molecular weight is 540 g/mol. The van der Waals surface area contributed by atoms with Crippen molar-refractivity contribution < 1.29 is 28.2 Å². The van der Waals surface area contributed by atoms with Gasteiger partial charge in [0.2, 0.25) is 5.43 Å². The lowest BCUT2D eigenvalue weighted by molar-refractivity contribution is 0.0517. The molecular weight excluding hydrogens is 516 g/mol. The number of halogens is 2. The van der Waals surface area contributed by atoms with Gasteiger partial charge in [-0.25, -0.2) is 8.78 Å². The summed E-state index contributed by atoms with van der Waals surface area (Å²) in [6.45, 7) is 0.165. The zero-order chi connectivity index (χ0) is 26.6. The molecule has 11 heteroatoms. The lowest BCUT2D eigenvalue weighted by Crippen LogP contribution is -2.58. The average Bonchev–Trinajstić information content (AvgIpc) is 3.09. The molecule has 2 aromatic carbocycles. The van der Waals surface area contributed by atoms with Gasteiger partial charge in [-0.15, -0.1) is 11.8 Å². The van der Waals surface area contributed by atoms with Crippen molar-refractivity contribution in [1.29, 1.82) is 0 Å². The molecule has 2 bridgehead atoms. The molecule has 1 aromatic heterocycles. The van der Waals surface area contributed by atoms with Crippen LogP contribution in [0.15, 0.2) is 64.4 Å². The lowest BCUT2D eigenvalue weighted by Gasteiger charge is -2.46. The zero-order valence-electron chi connectivity index (χ0n) is 20.3. The van der Waals surface area contributed by atoms with Crippen LogP contribution in [-0.2, 0) is 10.5 Å². The first-order chi connectivity index (χ1) is 18.4. The smallest absolute Gasteiger partial charge is 0.278 e. The number of amides is 1. The van der Waals surface area contributed by atoms with Crippen LogP contribution in [0.1, 0.15) is 33.2 Å². The Morgan fingerprint density at radius 2 is 2.03 bits per heavy atom. The molecule has 8 nitrogen and oxygen atoms in total. The minimum atomic E-state index is -1.02. The Labute approximate surface area is 220 Å². The van der Waals surface area contributed by atoms with E-state index in [1.165, 1.54) is 40.7 Å². The molecule has 4 heterocycles. The van der Waals surface area contributed by atoms with Crippen LogP contribution in [0.2, 0.25) is 0 Å². The molecule has 0 spiro atoms. The van der Waals surface area contributed by atoms with E-state index in [0.29, 0.717) is 5.56 Å². The van der Waals surface area contributed by atoms with Gasteiger partial charge >= 0.3 is 0 Å². The number of carbonyl (C=O) groups is 1. The SMILES string of the molecule is COC[C@H]1/C=C\COc2cc(F)c(F)c3c2[C@H](c2ccccc2SC3)N2CN1C(=O)c1c(O)c(=O)ccn12. The molecule has 0 fully saturated rings. The lowest BCUT2D eigenvalue weighted by atomic mass is 9.92. The summed E-state index contributed by atoms with van der Waals surface area (Å²) >= 11 is 1.37. The van der Waals surface area contributed by atoms with Gasteiger partial charge in [-0.1, -0.05) is 24.3 Å². The van der Waals surface area contributed by atoms with Gasteiger partial charge in [-0.05, 0) is 17.7 Å². The van der Waals surface area contributed by atoms with Crippen LogP contribution in [0, 0.1) is 11.6 Å². The highest BCUT2D eigenvalue weighted by Gasteiger charge is 2.42. The van der Waals surface area contributed by atoms with Gasteiger partial charge in [0.05, 0.1) is 12.6 Å². The fraction of sp³-hybridized carbons (Fsp3) is 0.259. The van der Waals surface area contributed by atoms with Crippen LogP contribution in [0.3, 0.4) is 0 Å². The molecule has 0 radical (unpaired) electrons. The molecule has 196 valence electrons. The van der Waals surface area contributed by atoms with Crippen molar-refractivity contribution in [2.75, 3.05) is 32.0 Å². The number of aromatic nitrogens is 1. The number of thioether (sulfide) groups is 1. The van der Waals surface area contributed by atoms with E-state index < -0.39 is 40.8 Å². The predicted molar refractivity (Wildman–Crippen MR) is 136 cm³/mol. The predicted octanol–water partition coefficient (Wildman–Crippen LogP) is 3.54. The maximum atomic E-state index is 15.4. The quantitative estimate of drug-likeness (QED) is 0.499. The summed E-state index contributed by atoms with van der Waals surface area (Å²) in [4.78, 5) is 28.5. The van der Waals surface area contributed by atoms with Crippen molar-refractivity contribution >= 4 is 17.7 Å². The molecule has 38 heavy (non-hydrogen) atoms. The molecular formula is C27H23F2N3O5S. The van der Waals surface area contributed by atoms with Crippen molar-refractivity contribution in [3.05, 3.63) is 99.0 Å². The number of pyridine rings is 1. The van der Waals surface area contributed by atoms with Crippen LogP contribution < -0.4 is 15.2 Å². The summed E-state index contributed by atoms with van der Waals surface area (Å²) in [5, 5.41) is 12.5. The summed E-state index contributed by atoms with van der Waals surface area (Å²) in [6.07, 6.45) is 4.82. The van der Waals surface area contributed by atoms with E-state index in [2.05, 4.69) is 0 Å². The third kappa shape index (κ3) is 3.76. The number of rotatable bonds is 2. The number of nitrogens with zero attached hydrogens (tertiary/aromatic N) is 3. The van der Waals surface area contributed by atoms with Gasteiger partial charge in [-0.2, -0.15) is 0 Å². The van der Waals surface area contributed by atoms with Gasteiger partial charge in [-0.3, -0.25) is 19.3 Å². The van der Waals surface area contributed by atoms with Gasteiger partial charge in [0.25, 0.3) is 5.91 Å². The fourth-order valence-corrected chi connectivity index (χ4v) is 6.37. The van der Waals surface area contributed by atoms with E-state index in [4.69, 9.17) is 9.47 Å². The van der Waals surface area contributed by atoms with Crippen LogP contribution in [0.25, 0.3) is 0 Å². The molecule has 6 rings (SSSR count). The second kappa shape index (κ2) is 9.48. The molecule has 2 atom stereocenters. The van der Waals surface area contributed by atoms with Crippen molar-refractivity contribution in [2.24, 2.45) is 0 Å². The summed E-state index contributed by atoms with van der Waals surface area (Å²) < 4.78 is 43.1. The number of methoxy groups -OCH3 is 1. The Bertz CT molecular complexity index is 1540. The van der Waals surface area contributed by atoms with E-state index in [9.17, 15) is 19.1 Å². The fourth-order valence-electron chi connectivity index (χ4n) is 5.27. The molecule has 3 aliphatic rings. The normalized spacial score (nSPS) is 20.9. The van der Waals surface area contributed by atoms with Crippen molar-refractivity contribution in [3.8, 4) is 11.5 Å². The zero-order valence-corrected chi connectivity index (χ0v) is 21.1. The number of fused-ring (bicyclic) bond motifs is 7. The molecule has 3 aromatic rings. The molecule has 0 saturated heterocycles.